The minimum Gasteiger partial charge on any atom is -0.370 e. The van der Waals surface area contributed by atoms with Crippen molar-refractivity contribution in [2.45, 2.75) is 26.7 Å². The maximum Gasteiger partial charge on any atom is 0.255 e. The molecule has 0 aliphatic carbocycles. The third-order valence-electron chi connectivity index (χ3n) is 4.11. The summed E-state index contributed by atoms with van der Waals surface area (Å²) in [6.45, 7) is 5.45. The third-order valence-corrected chi connectivity index (χ3v) is 4.11. The molecule has 3 aromatic rings. The van der Waals surface area contributed by atoms with Gasteiger partial charge in [0.15, 0.2) is 0 Å². The first-order valence-electron chi connectivity index (χ1n) is 9.00. The standard InChI is InChI=1S/C20H24N6O/c1-14-6-9-22-18(10-14)21-7-3-8-23-20-25-13-17(19(27)26-20)11-16-5-4-15(2)24-12-16/h4-6,9-10,12-13H,3,7-8,11H2,1-2H3,(H,21,22)(H2,23,25,26,27). The maximum absolute atomic E-state index is 12.2. The Morgan fingerprint density at radius 2 is 1.85 bits per heavy atom. The number of nitrogens with zero attached hydrogens (tertiary/aromatic N) is 3. The Morgan fingerprint density at radius 1 is 1.00 bits per heavy atom. The molecule has 140 valence electrons. The Kier molecular flexibility index (Phi) is 6.14. The van der Waals surface area contributed by atoms with Crippen LogP contribution in [0.3, 0.4) is 0 Å². The molecule has 0 aliphatic heterocycles. The summed E-state index contributed by atoms with van der Waals surface area (Å²) in [6.07, 6.45) is 6.59. The number of pyridine rings is 2. The van der Waals surface area contributed by atoms with E-state index >= 15 is 0 Å². The number of aryl methyl sites for hydroxylation is 2. The molecular weight excluding hydrogens is 340 g/mol. The molecular formula is C20H24N6O. The first-order chi connectivity index (χ1) is 13.1. The lowest BCUT2D eigenvalue weighted by molar-refractivity contribution is 0.884. The van der Waals surface area contributed by atoms with Crippen molar-refractivity contribution >= 4 is 11.8 Å². The van der Waals surface area contributed by atoms with E-state index in [0.717, 1.165) is 30.0 Å². The second-order valence-electron chi connectivity index (χ2n) is 6.50. The number of hydrogen-bond acceptors (Lipinski definition) is 6. The lowest BCUT2D eigenvalue weighted by Crippen LogP contribution is -2.18. The van der Waals surface area contributed by atoms with Crippen molar-refractivity contribution in [3.8, 4) is 0 Å². The smallest absolute Gasteiger partial charge is 0.255 e. The number of aromatic amines is 1. The topological polar surface area (TPSA) is 95.6 Å². The van der Waals surface area contributed by atoms with E-state index in [9.17, 15) is 4.79 Å². The number of rotatable bonds is 8. The van der Waals surface area contributed by atoms with E-state index in [1.165, 1.54) is 5.56 Å². The first-order valence-corrected chi connectivity index (χ1v) is 9.00. The molecule has 0 unspecified atom stereocenters. The molecule has 0 radical (unpaired) electrons. The Labute approximate surface area is 158 Å². The van der Waals surface area contributed by atoms with Gasteiger partial charge in [0, 0.05) is 49.4 Å². The van der Waals surface area contributed by atoms with Gasteiger partial charge in [0.1, 0.15) is 5.82 Å². The van der Waals surface area contributed by atoms with Gasteiger partial charge in [0.25, 0.3) is 5.56 Å². The molecule has 3 N–H and O–H groups in total. The Morgan fingerprint density at radius 3 is 2.59 bits per heavy atom. The molecule has 0 saturated heterocycles. The zero-order valence-corrected chi connectivity index (χ0v) is 15.6. The quantitative estimate of drug-likeness (QED) is 0.532. The van der Waals surface area contributed by atoms with Gasteiger partial charge in [-0.1, -0.05) is 6.07 Å². The van der Waals surface area contributed by atoms with E-state index in [0.29, 0.717) is 24.5 Å². The van der Waals surface area contributed by atoms with Crippen molar-refractivity contribution in [2.24, 2.45) is 0 Å². The summed E-state index contributed by atoms with van der Waals surface area (Å²) in [4.78, 5) is 27.8. The fourth-order valence-electron chi connectivity index (χ4n) is 2.60. The molecule has 7 heteroatoms. The summed E-state index contributed by atoms with van der Waals surface area (Å²) >= 11 is 0. The molecule has 0 spiro atoms. The van der Waals surface area contributed by atoms with Gasteiger partial charge in [-0.05, 0) is 49.6 Å². The van der Waals surface area contributed by atoms with Crippen LogP contribution in [-0.4, -0.2) is 33.0 Å². The predicted octanol–water partition coefficient (Wildman–Crippen LogP) is 2.68. The zero-order valence-electron chi connectivity index (χ0n) is 15.6. The lowest BCUT2D eigenvalue weighted by atomic mass is 10.1. The molecule has 7 nitrogen and oxygen atoms in total. The second-order valence-corrected chi connectivity index (χ2v) is 6.50. The second kappa shape index (κ2) is 8.93. The number of aromatic nitrogens is 4. The minimum absolute atomic E-state index is 0.129. The van der Waals surface area contributed by atoms with Crippen LogP contribution in [0.1, 0.15) is 28.8 Å². The number of hydrogen-bond donors (Lipinski definition) is 3. The van der Waals surface area contributed by atoms with Gasteiger partial charge >= 0.3 is 0 Å². The van der Waals surface area contributed by atoms with E-state index in [2.05, 4.69) is 30.6 Å². The van der Waals surface area contributed by atoms with Crippen molar-refractivity contribution < 1.29 is 0 Å². The van der Waals surface area contributed by atoms with Crippen LogP contribution in [0.25, 0.3) is 0 Å². The van der Waals surface area contributed by atoms with Gasteiger partial charge in [-0.3, -0.25) is 14.8 Å². The molecule has 0 bridgehead atoms. The molecule has 3 aromatic heterocycles. The van der Waals surface area contributed by atoms with Crippen LogP contribution in [0.4, 0.5) is 11.8 Å². The highest BCUT2D eigenvalue weighted by atomic mass is 16.1. The van der Waals surface area contributed by atoms with Crippen molar-refractivity contribution in [1.82, 2.24) is 19.9 Å². The van der Waals surface area contributed by atoms with Gasteiger partial charge < -0.3 is 10.6 Å². The first kappa shape index (κ1) is 18.6. The fraction of sp³-hybridized carbons (Fsp3) is 0.300. The normalized spacial score (nSPS) is 10.6. The molecule has 0 atom stereocenters. The molecule has 3 heterocycles. The van der Waals surface area contributed by atoms with Crippen LogP contribution in [0.5, 0.6) is 0 Å². The highest BCUT2D eigenvalue weighted by molar-refractivity contribution is 5.36. The van der Waals surface area contributed by atoms with Gasteiger partial charge in [-0.15, -0.1) is 0 Å². The average molecular weight is 364 g/mol. The summed E-state index contributed by atoms with van der Waals surface area (Å²) < 4.78 is 0. The molecule has 27 heavy (non-hydrogen) atoms. The predicted molar refractivity (Wildman–Crippen MR) is 107 cm³/mol. The largest absolute Gasteiger partial charge is 0.370 e. The van der Waals surface area contributed by atoms with E-state index in [1.54, 1.807) is 18.6 Å². The van der Waals surface area contributed by atoms with Crippen molar-refractivity contribution in [3.05, 3.63) is 75.6 Å². The summed E-state index contributed by atoms with van der Waals surface area (Å²) in [5.74, 6) is 1.36. The van der Waals surface area contributed by atoms with Crippen LogP contribution in [-0.2, 0) is 6.42 Å². The summed E-state index contributed by atoms with van der Waals surface area (Å²) in [7, 11) is 0. The maximum atomic E-state index is 12.2. The molecule has 0 aromatic carbocycles. The van der Waals surface area contributed by atoms with Crippen LogP contribution in [0.2, 0.25) is 0 Å². The van der Waals surface area contributed by atoms with Crippen molar-refractivity contribution in [2.75, 3.05) is 23.7 Å². The highest BCUT2D eigenvalue weighted by Gasteiger charge is 2.04. The highest BCUT2D eigenvalue weighted by Crippen LogP contribution is 2.06. The summed E-state index contributed by atoms with van der Waals surface area (Å²) in [5, 5.41) is 6.42. The van der Waals surface area contributed by atoms with Gasteiger partial charge in [0.2, 0.25) is 5.95 Å². The number of anilines is 2. The van der Waals surface area contributed by atoms with Crippen molar-refractivity contribution in [3.63, 3.8) is 0 Å². The van der Waals surface area contributed by atoms with Crippen LogP contribution < -0.4 is 16.2 Å². The molecule has 0 aliphatic rings. The third kappa shape index (κ3) is 5.64. The molecule has 0 saturated carbocycles. The van der Waals surface area contributed by atoms with Crippen molar-refractivity contribution in [1.29, 1.82) is 0 Å². The Hall–Kier alpha value is -3.22. The van der Waals surface area contributed by atoms with Crippen LogP contribution in [0, 0.1) is 13.8 Å². The van der Waals surface area contributed by atoms with Crippen LogP contribution >= 0.6 is 0 Å². The van der Waals surface area contributed by atoms with E-state index in [4.69, 9.17) is 0 Å². The van der Waals surface area contributed by atoms with E-state index in [1.807, 2.05) is 38.1 Å². The van der Waals surface area contributed by atoms with Gasteiger partial charge in [-0.25, -0.2) is 9.97 Å². The Bertz CT molecular complexity index is 936. The molecule has 0 fully saturated rings. The average Bonchev–Trinajstić information content (AvgIpc) is 2.65. The lowest BCUT2D eigenvalue weighted by Gasteiger charge is -2.08. The van der Waals surface area contributed by atoms with Gasteiger partial charge in [-0.2, -0.15) is 0 Å². The summed E-state index contributed by atoms with van der Waals surface area (Å²) in [5.41, 5.74) is 3.62. The Balaban J connectivity index is 1.46. The minimum atomic E-state index is -0.129. The van der Waals surface area contributed by atoms with E-state index in [-0.39, 0.29) is 5.56 Å². The van der Waals surface area contributed by atoms with E-state index < -0.39 is 0 Å². The molecule has 3 rings (SSSR count). The number of H-pyrrole nitrogens is 1. The fourth-order valence-corrected chi connectivity index (χ4v) is 2.60. The monoisotopic (exact) mass is 364 g/mol. The zero-order chi connectivity index (χ0) is 19.1. The van der Waals surface area contributed by atoms with Crippen LogP contribution in [0.15, 0.2) is 47.7 Å². The van der Waals surface area contributed by atoms with Gasteiger partial charge in [0.05, 0.1) is 0 Å². The molecule has 0 amide bonds. The summed E-state index contributed by atoms with van der Waals surface area (Å²) in [6, 6.07) is 7.89. The SMILES string of the molecule is Cc1ccnc(NCCCNc2ncc(Cc3ccc(C)nc3)c(=O)[nH]2)c1. The number of nitrogens with one attached hydrogen (secondary N) is 3.